The number of benzene rings is 2. The maximum absolute atomic E-state index is 4.91. The van der Waals surface area contributed by atoms with Gasteiger partial charge in [-0.1, -0.05) is 42.8 Å². The Bertz CT molecular complexity index is 1070. The summed E-state index contributed by atoms with van der Waals surface area (Å²) in [4.78, 5) is 16.0. The summed E-state index contributed by atoms with van der Waals surface area (Å²) < 4.78 is 0. The molecule has 0 aliphatic heterocycles. The van der Waals surface area contributed by atoms with Gasteiger partial charge in [0.2, 0.25) is 5.95 Å². The molecule has 2 N–H and O–H groups in total. The first-order valence-electron chi connectivity index (χ1n) is 11.8. The first-order chi connectivity index (χ1) is 16.2. The Hall–Kier alpha value is -3.25. The standard InChI is InChI=1S/C27H34N6/c1-28-15-7-4-8-16-29-27-30-18-21-17-25(23-9-5-6-10-24(23)26(21)32-27)20-11-13-22(14-12-20)31-19-33(2)3/h5-6,9-14,18-19,25,28H,4,7-8,15-17H2,1-3H3,(H,29,30,32). The summed E-state index contributed by atoms with van der Waals surface area (Å²) in [5.41, 5.74) is 7.04. The van der Waals surface area contributed by atoms with Crippen LogP contribution in [0, 0.1) is 0 Å². The largest absolute Gasteiger partial charge is 0.369 e. The van der Waals surface area contributed by atoms with Gasteiger partial charge in [-0.3, -0.25) is 0 Å². The number of hydrogen-bond donors (Lipinski definition) is 2. The molecule has 0 spiro atoms. The third-order valence-electron chi connectivity index (χ3n) is 6.00. The molecule has 6 heteroatoms. The number of nitrogens with zero attached hydrogens (tertiary/aromatic N) is 4. The van der Waals surface area contributed by atoms with E-state index >= 15 is 0 Å². The van der Waals surface area contributed by atoms with Crippen molar-refractivity contribution in [1.82, 2.24) is 20.2 Å². The molecule has 33 heavy (non-hydrogen) atoms. The molecule has 1 unspecified atom stereocenters. The van der Waals surface area contributed by atoms with E-state index in [9.17, 15) is 0 Å². The van der Waals surface area contributed by atoms with E-state index in [0.717, 1.165) is 43.3 Å². The van der Waals surface area contributed by atoms with Crippen LogP contribution in [-0.4, -0.2) is 55.4 Å². The van der Waals surface area contributed by atoms with Gasteiger partial charge in [0.25, 0.3) is 0 Å². The SMILES string of the molecule is CNCCCCCNc1ncc2c(n1)-c1ccccc1C(c1ccc(N=CN(C)C)cc1)C2. The van der Waals surface area contributed by atoms with Gasteiger partial charge in [-0.15, -0.1) is 0 Å². The van der Waals surface area contributed by atoms with Crippen LogP contribution in [0.4, 0.5) is 11.6 Å². The van der Waals surface area contributed by atoms with Crippen LogP contribution in [0.1, 0.15) is 41.9 Å². The van der Waals surface area contributed by atoms with Crippen molar-refractivity contribution in [2.75, 3.05) is 39.5 Å². The Morgan fingerprint density at radius 1 is 1.03 bits per heavy atom. The molecule has 3 aromatic rings. The summed E-state index contributed by atoms with van der Waals surface area (Å²) in [5.74, 6) is 1.01. The second kappa shape index (κ2) is 11.1. The van der Waals surface area contributed by atoms with Crippen molar-refractivity contribution in [3.05, 3.63) is 71.4 Å². The quantitative estimate of drug-likeness (QED) is 0.267. The van der Waals surface area contributed by atoms with E-state index in [1.165, 1.54) is 35.1 Å². The maximum Gasteiger partial charge on any atom is 0.223 e. The fraction of sp³-hybridized carbons (Fsp3) is 0.370. The average Bonchev–Trinajstić information content (AvgIpc) is 2.85. The smallest absolute Gasteiger partial charge is 0.223 e. The maximum atomic E-state index is 4.91. The van der Waals surface area contributed by atoms with Crippen molar-refractivity contribution in [2.24, 2.45) is 4.99 Å². The van der Waals surface area contributed by atoms with Crippen LogP contribution in [0.15, 0.2) is 59.7 Å². The Balaban J connectivity index is 1.52. The van der Waals surface area contributed by atoms with Gasteiger partial charge in [0.05, 0.1) is 17.7 Å². The second-order valence-electron chi connectivity index (χ2n) is 8.80. The number of hydrogen-bond acceptors (Lipinski definition) is 5. The van der Waals surface area contributed by atoms with Crippen molar-refractivity contribution < 1.29 is 0 Å². The van der Waals surface area contributed by atoms with Gasteiger partial charge in [0, 0.05) is 38.3 Å². The number of aromatic nitrogens is 2. The lowest BCUT2D eigenvalue weighted by Crippen LogP contribution is -2.15. The van der Waals surface area contributed by atoms with Gasteiger partial charge >= 0.3 is 0 Å². The third kappa shape index (κ3) is 5.76. The van der Waals surface area contributed by atoms with E-state index in [2.05, 4.69) is 69.1 Å². The zero-order valence-corrected chi connectivity index (χ0v) is 19.9. The molecule has 6 nitrogen and oxygen atoms in total. The molecular formula is C27H34N6. The van der Waals surface area contributed by atoms with Crippen LogP contribution in [-0.2, 0) is 6.42 Å². The molecule has 172 valence electrons. The Labute approximate surface area is 197 Å². The average molecular weight is 443 g/mol. The van der Waals surface area contributed by atoms with Crippen molar-refractivity contribution in [3.8, 4) is 11.3 Å². The summed E-state index contributed by atoms with van der Waals surface area (Å²) in [6, 6.07) is 17.2. The molecule has 0 bridgehead atoms. The molecule has 0 saturated carbocycles. The van der Waals surface area contributed by atoms with E-state index < -0.39 is 0 Å². The molecule has 4 rings (SSSR count). The highest BCUT2D eigenvalue weighted by molar-refractivity contribution is 5.72. The first-order valence-corrected chi connectivity index (χ1v) is 11.8. The van der Waals surface area contributed by atoms with Crippen LogP contribution in [0.5, 0.6) is 0 Å². The van der Waals surface area contributed by atoms with Gasteiger partial charge in [-0.2, -0.15) is 0 Å². The van der Waals surface area contributed by atoms with Crippen molar-refractivity contribution in [3.63, 3.8) is 0 Å². The van der Waals surface area contributed by atoms with Crippen LogP contribution in [0.3, 0.4) is 0 Å². The lowest BCUT2D eigenvalue weighted by molar-refractivity contribution is 0.643. The van der Waals surface area contributed by atoms with E-state index in [1.54, 1.807) is 0 Å². The van der Waals surface area contributed by atoms with Gasteiger partial charge in [-0.25, -0.2) is 15.0 Å². The second-order valence-corrected chi connectivity index (χ2v) is 8.80. The Kier molecular flexibility index (Phi) is 7.68. The van der Waals surface area contributed by atoms with Crippen LogP contribution >= 0.6 is 0 Å². The molecule has 0 fully saturated rings. The third-order valence-corrected chi connectivity index (χ3v) is 6.00. The number of unbranched alkanes of at least 4 members (excludes halogenated alkanes) is 2. The summed E-state index contributed by atoms with van der Waals surface area (Å²) in [7, 11) is 5.95. The number of fused-ring (bicyclic) bond motifs is 3. The summed E-state index contributed by atoms with van der Waals surface area (Å²) >= 11 is 0. The Morgan fingerprint density at radius 3 is 2.61 bits per heavy atom. The number of nitrogens with one attached hydrogen (secondary N) is 2. The van der Waals surface area contributed by atoms with E-state index in [-0.39, 0.29) is 5.92 Å². The summed E-state index contributed by atoms with van der Waals surface area (Å²) in [5, 5.41) is 6.61. The van der Waals surface area contributed by atoms with Gasteiger partial charge in [0.15, 0.2) is 0 Å². The van der Waals surface area contributed by atoms with Gasteiger partial charge < -0.3 is 15.5 Å². The zero-order chi connectivity index (χ0) is 23.0. The first kappa shape index (κ1) is 22.9. The number of anilines is 1. The molecule has 1 aliphatic rings. The minimum Gasteiger partial charge on any atom is -0.369 e. The highest BCUT2D eigenvalue weighted by atomic mass is 15.1. The van der Waals surface area contributed by atoms with Crippen LogP contribution in [0.2, 0.25) is 0 Å². The Morgan fingerprint density at radius 2 is 1.82 bits per heavy atom. The van der Waals surface area contributed by atoms with E-state index in [1.807, 2.05) is 38.6 Å². The predicted octanol–water partition coefficient (Wildman–Crippen LogP) is 4.85. The molecule has 0 radical (unpaired) electrons. The molecule has 0 saturated heterocycles. The molecule has 2 aromatic carbocycles. The predicted molar refractivity (Wildman–Crippen MR) is 138 cm³/mol. The normalized spacial score (nSPS) is 14.7. The molecule has 0 amide bonds. The monoisotopic (exact) mass is 442 g/mol. The fourth-order valence-electron chi connectivity index (χ4n) is 4.30. The van der Waals surface area contributed by atoms with E-state index in [4.69, 9.17) is 4.98 Å². The van der Waals surface area contributed by atoms with E-state index in [0.29, 0.717) is 0 Å². The minimum atomic E-state index is 0.287. The fourth-order valence-corrected chi connectivity index (χ4v) is 4.30. The molecule has 1 heterocycles. The zero-order valence-electron chi connectivity index (χ0n) is 19.9. The molecule has 1 atom stereocenters. The van der Waals surface area contributed by atoms with Crippen molar-refractivity contribution >= 4 is 18.0 Å². The van der Waals surface area contributed by atoms with Crippen molar-refractivity contribution in [2.45, 2.75) is 31.6 Å². The molecule has 1 aromatic heterocycles. The number of rotatable bonds is 10. The molecular weight excluding hydrogens is 408 g/mol. The lowest BCUT2D eigenvalue weighted by atomic mass is 9.78. The molecule has 1 aliphatic carbocycles. The topological polar surface area (TPSA) is 65.4 Å². The highest BCUT2D eigenvalue weighted by Gasteiger charge is 2.27. The number of aliphatic imine (C=N–C) groups is 1. The van der Waals surface area contributed by atoms with Gasteiger partial charge in [0.1, 0.15) is 0 Å². The van der Waals surface area contributed by atoms with Gasteiger partial charge in [-0.05, 0) is 61.7 Å². The van der Waals surface area contributed by atoms with Crippen molar-refractivity contribution in [1.29, 1.82) is 0 Å². The van der Waals surface area contributed by atoms with Crippen LogP contribution in [0.25, 0.3) is 11.3 Å². The van der Waals surface area contributed by atoms with Crippen LogP contribution < -0.4 is 10.6 Å². The lowest BCUT2D eigenvalue weighted by Gasteiger charge is -2.27. The minimum absolute atomic E-state index is 0.287. The summed E-state index contributed by atoms with van der Waals surface area (Å²) in [6.07, 6.45) is 8.24. The highest BCUT2D eigenvalue weighted by Crippen LogP contribution is 2.42. The summed E-state index contributed by atoms with van der Waals surface area (Å²) in [6.45, 7) is 1.97.